The predicted molar refractivity (Wildman–Crippen MR) is 58.6 cm³/mol. The summed E-state index contributed by atoms with van der Waals surface area (Å²) >= 11 is 0. The molecular formula is C11H18N2O. The van der Waals surface area contributed by atoms with Crippen molar-refractivity contribution in [2.24, 2.45) is 0 Å². The van der Waals surface area contributed by atoms with E-state index in [-0.39, 0.29) is 6.10 Å². The third-order valence-electron chi connectivity index (χ3n) is 2.12. The summed E-state index contributed by atoms with van der Waals surface area (Å²) in [6.07, 6.45) is 3.21. The van der Waals surface area contributed by atoms with Gasteiger partial charge in [0.2, 0.25) is 0 Å². The lowest BCUT2D eigenvalue weighted by atomic mass is 10.1. The van der Waals surface area contributed by atoms with E-state index >= 15 is 0 Å². The summed E-state index contributed by atoms with van der Waals surface area (Å²) in [6, 6.07) is 4.00. The fourth-order valence-electron chi connectivity index (χ4n) is 1.39. The highest BCUT2D eigenvalue weighted by Gasteiger charge is 2.05. The van der Waals surface area contributed by atoms with Gasteiger partial charge in [-0.25, -0.2) is 4.98 Å². The van der Waals surface area contributed by atoms with Crippen molar-refractivity contribution in [2.45, 2.75) is 25.9 Å². The molecule has 0 aliphatic heterocycles. The molecule has 1 aromatic rings. The number of rotatable bonds is 4. The summed E-state index contributed by atoms with van der Waals surface area (Å²) < 4.78 is 0. The summed E-state index contributed by atoms with van der Waals surface area (Å²) in [4.78, 5) is 6.30. The van der Waals surface area contributed by atoms with E-state index in [1.54, 1.807) is 6.20 Å². The molecule has 1 atom stereocenters. The van der Waals surface area contributed by atoms with E-state index in [4.69, 9.17) is 0 Å². The minimum atomic E-state index is -0.245. The van der Waals surface area contributed by atoms with Crippen molar-refractivity contribution in [1.29, 1.82) is 0 Å². The maximum atomic E-state index is 9.21. The number of pyridine rings is 1. The predicted octanol–water partition coefficient (Wildman–Crippen LogP) is 1.46. The zero-order valence-electron chi connectivity index (χ0n) is 9.07. The Morgan fingerprint density at radius 3 is 2.79 bits per heavy atom. The molecule has 0 aliphatic carbocycles. The van der Waals surface area contributed by atoms with Crippen LogP contribution in [0.15, 0.2) is 18.3 Å². The van der Waals surface area contributed by atoms with Gasteiger partial charge in [0.05, 0.1) is 6.10 Å². The van der Waals surface area contributed by atoms with Crippen molar-refractivity contribution in [2.75, 3.05) is 19.0 Å². The molecule has 0 saturated carbocycles. The van der Waals surface area contributed by atoms with Gasteiger partial charge in [0.25, 0.3) is 0 Å². The van der Waals surface area contributed by atoms with Crippen LogP contribution in [0, 0.1) is 0 Å². The Morgan fingerprint density at radius 2 is 2.21 bits per heavy atom. The summed E-state index contributed by atoms with van der Waals surface area (Å²) in [5.41, 5.74) is 1.19. The lowest BCUT2D eigenvalue weighted by Gasteiger charge is -2.16. The molecule has 0 radical (unpaired) electrons. The van der Waals surface area contributed by atoms with Gasteiger partial charge in [-0.3, -0.25) is 0 Å². The Hall–Kier alpha value is -1.09. The van der Waals surface area contributed by atoms with Crippen molar-refractivity contribution >= 4 is 5.82 Å². The highest BCUT2D eigenvalue weighted by molar-refractivity contribution is 5.45. The van der Waals surface area contributed by atoms with Gasteiger partial charge in [0.1, 0.15) is 5.82 Å². The van der Waals surface area contributed by atoms with E-state index in [9.17, 15) is 5.11 Å². The molecule has 0 spiro atoms. The average molecular weight is 194 g/mol. The molecule has 0 saturated heterocycles. The van der Waals surface area contributed by atoms with E-state index in [0.717, 1.165) is 18.7 Å². The van der Waals surface area contributed by atoms with Crippen LogP contribution in [0.4, 0.5) is 5.82 Å². The third kappa shape index (κ3) is 3.00. The molecular weight excluding hydrogens is 176 g/mol. The number of hydrogen-bond acceptors (Lipinski definition) is 3. The maximum Gasteiger partial charge on any atom is 0.131 e. The zero-order valence-corrected chi connectivity index (χ0v) is 9.07. The van der Waals surface area contributed by atoms with Gasteiger partial charge in [-0.1, -0.05) is 6.07 Å². The topological polar surface area (TPSA) is 36.4 Å². The monoisotopic (exact) mass is 194 g/mol. The lowest BCUT2D eigenvalue weighted by molar-refractivity contribution is 0.185. The van der Waals surface area contributed by atoms with E-state index in [0.29, 0.717) is 0 Å². The second kappa shape index (κ2) is 4.96. The first-order valence-corrected chi connectivity index (χ1v) is 4.90. The van der Waals surface area contributed by atoms with Crippen LogP contribution in [-0.2, 0) is 6.42 Å². The van der Waals surface area contributed by atoms with Gasteiger partial charge in [0, 0.05) is 20.3 Å². The maximum absolute atomic E-state index is 9.21. The van der Waals surface area contributed by atoms with Crippen LogP contribution in [-0.4, -0.2) is 30.3 Å². The second-order valence-corrected chi connectivity index (χ2v) is 3.77. The second-order valence-electron chi connectivity index (χ2n) is 3.77. The number of aliphatic hydroxyl groups is 1. The Bertz CT molecular complexity index is 284. The van der Waals surface area contributed by atoms with Gasteiger partial charge in [0.15, 0.2) is 0 Å². The molecule has 3 heteroatoms. The average Bonchev–Trinajstić information content (AvgIpc) is 2.15. The molecule has 0 aromatic carbocycles. The fourth-order valence-corrected chi connectivity index (χ4v) is 1.39. The molecule has 0 amide bonds. The summed E-state index contributed by atoms with van der Waals surface area (Å²) in [5, 5.41) is 9.21. The number of aryl methyl sites for hydroxylation is 1. The van der Waals surface area contributed by atoms with Crippen molar-refractivity contribution < 1.29 is 5.11 Å². The first kappa shape index (κ1) is 11.0. The zero-order chi connectivity index (χ0) is 10.6. The minimum Gasteiger partial charge on any atom is -0.393 e. The quantitative estimate of drug-likeness (QED) is 0.788. The molecule has 78 valence electrons. The van der Waals surface area contributed by atoms with Crippen molar-refractivity contribution in [3.63, 3.8) is 0 Å². The van der Waals surface area contributed by atoms with Gasteiger partial charge in [-0.2, -0.15) is 0 Å². The fraction of sp³-hybridized carbons (Fsp3) is 0.545. The van der Waals surface area contributed by atoms with Crippen LogP contribution < -0.4 is 4.90 Å². The number of aromatic nitrogens is 1. The molecule has 1 aromatic heterocycles. The van der Waals surface area contributed by atoms with E-state index < -0.39 is 0 Å². The Kier molecular flexibility index (Phi) is 3.89. The molecule has 1 unspecified atom stereocenters. The number of hydrogen-bond donors (Lipinski definition) is 1. The standard InChI is InChI=1S/C11H18N2O/c1-9(14)6-7-10-5-4-8-12-11(10)13(2)3/h4-5,8-9,14H,6-7H2,1-3H3. The van der Waals surface area contributed by atoms with E-state index in [1.807, 2.05) is 32.0 Å². The molecule has 3 nitrogen and oxygen atoms in total. The first-order valence-electron chi connectivity index (χ1n) is 4.90. The van der Waals surface area contributed by atoms with E-state index in [1.165, 1.54) is 5.56 Å². The van der Waals surface area contributed by atoms with Gasteiger partial charge in [-0.05, 0) is 31.4 Å². The third-order valence-corrected chi connectivity index (χ3v) is 2.12. The largest absolute Gasteiger partial charge is 0.393 e. The number of aliphatic hydroxyl groups excluding tert-OH is 1. The van der Waals surface area contributed by atoms with Crippen LogP contribution in [0.25, 0.3) is 0 Å². The van der Waals surface area contributed by atoms with Crippen LogP contribution in [0.3, 0.4) is 0 Å². The SMILES string of the molecule is CC(O)CCc1cccnc1N(C)C. The Labute approximate surface area is 85.4 Å². The molecule has 1 N–H and O–H groups in total. The molecule has 1 rings (SSSR count). The molecule has 14 heavy (non-hydrogen) atoms. The van der Waals surface area contributed by atoms with Crippen molar-refractivity contribution in [3.05, 3.63) is 23.9 Å². The van der Waals surface area contributed by atoms with Crippen LogP contribution in [0.1, 0.15) is 18.9 Å². The van der Waals surface area contributed by atoms with Crippen LogP contribution in [0.2, 0.25) is 0 Å². The molecule has 1 heterocycles. The van der Waals surface area contributed by atoms with Gasteiger partial charge < -0.3 is 10.0 Å². The normalized spacial score (nSPS) is 12.6. The minimum absolute atomic E-state index is 0.245. The lowest BCUT2D eigenvalue weighted by Crippen LogP contribution is -2.14. The van der Waals surface area contributed by atoms with Gasteiger partial charge in [-0.15, -0.1) is 0 Å². The van der Waals surface area contributed by atoms with Crippen molar-refractivity contribution in [3.8, 4) is 0 Å². The van der Waals surface area contributed by atoms with Crippen LogP contribution >= 0.6 is 0 Å². The number of anilines is 1. The Balaban J connectivity index is 2.74. The van der Waals surface area contributed by atoms with Crippen molar-refractivity contribution in [1.82, 2.24) is 4.98 Å². The molecule has 0 bridgehead atoms. The summed E-state index contributed by atoms with van der Waals surface area (Å²) in [7, 11) is 3.96. The Morgan fingerprint density at radius 1 is 1.50 bits per heavy atom. The van der Waals surface area contributed by atoms with Gasteiger partial charge >= 0.3 is 0 Å². The highest BCUT2D eigenvalue weighted by atomic mass is 16.3. The number of nitrogens with zero attached hydrogens (tertiary/aromatic N) is 2. The smallest absolute Gasteiger partial charge is 0.131 e. The van der Waals surface area contributed by atoms with Crippen LogP contribution in [0.5, 0.6) is 0 Å². The molecule has 0 fully saturated rings. The summed E-state index contributed by atoms with van der Waals surface area (Å²) in [6.45, 7) is 1.81. The summed E-state index contributed by atoms with van der Waals surface area (Å²) in [5.74, 6) is 0.994. The first-order chi connectivity index (χ1) is 6.61. The highest BCUT2D eigenvalue weighted by Crippen LogP contribution is 2.16. The molecule has 0 aliphatic rings. The van der Waals surface area contributed by atoms with E-state index in [2.05, 4.69) is 11.1 Å².